The van der Waals surface area contributed by atoms with E-state index in [1.54, 1.807) is 12.1 Å². The summed E-state index contributed by atoms with van der Waals surface area (Å²) in [5.74, 6) is -1.98. The molecule has 3 atom stereocenters. The molecule has 2 aromatic rings. The van der Waals surface area contributed by atoms with Crippen molar-refractivity contribution in [2.24, 2.45) is 23.5 Å². The molecule has 1 heterocycles. The molecule has 0 aromatic heterocycles. The number of nitrogens with two attached hydrogens (primary N) is 1. The molecule has 1 aliphatic heterocycles. The second-order valence-corrected chi connectivity index (χ2v) is 10.9. The molecule has 0 spiro atoms. The molecule has 2 unspecified atom stereocenters. The summed E-state index contributed by atoms with van der Waals surface area (Å²) in [7, 11) is 0. The van der Waals surface area contributed by atoms with E-state index in [-0.39, 0.29) is 27.8 Å². The number of hydrogen-bond donors (Lipinski definition) is 2. The van der Waals surface area contributed by atoms with E-state index in [0.717, 1.165) is 42.4 Å². The zero-order chi connectivity index (χ0) is 27.7. The fourth-order valence-corrected chi connectivity index (χ4v) is 5.38. The van der Waals surface area contributed by atoms with Crippen molar-refractivity contribution in [3.63, 3.8) is 0 Å². The van der Waals surface area contributed by atoms with Gasteiger partial charge in [0.15, 0.2) is 0 Å². The third-order valence-corrected chi connectivity index (χ3v) is 7.34. The van der Waals surface area contributed by atoms with E-state index in [0.29, 0.717) is 32.4 Å². The topological polar surface area (TPSA) is 92.5 Å². The summed E-state index contributed by atoms with van der Waals surface area (Å²) < 4.78 is 13.4. The molecule has 2 aromatic carbocycles. The van der Waals surface area contributed by atoms with Crippen LogP contribution in [0.4, 0.5) is 4.39 Å². The maximum Gasteiger partial charge on any atom is 0.245 e. The van der Waals surface area contributed by atoms with E-state index < -0.39 is 23.8 Å². The van der Waals surface area contributed by atoms with Crippen LogP contribution in [0.1, 0.15) is 75.6 Å². The molecule has 1 fully saturated rings. The van der Waals surface area contributed by atoms with Crippen LogP contribution in [0.2, 0.25) is 0 Å². The van der Waals surface area contributed by atoms with Gasteiger partial charge in [0.2, 0.25) is 17.7 Å². The van der Waals surface area contributed by atoms with Crippen LogP contribution in [-0.2, 0) is 20.9 Å². The van der Waals surface area contributed by atoms with Crippen LogP contribution < -0.4 is 11.1 Å². The lowest BCUT2D eigenvalue weighted by Gasteiger charge is -2.32. The van der Waals surface area contributed by atoms with Crippen molar-refractivity contribution in [3.8, 4) is 11.1 Å². The molecule has 212 valence electrons. The molecule has 6 nitrogen and oxygen atoms in total. The Hall–Kier alpha value is -3.22. The van der Waals surface area contributed by atoms with Crippen molar-refractivity contribution in [3.05, 3.63) is 59.9 Å². The molecule has 1 saturated heterocycles. The van der Waals surface area contributed by atoms with E-state index in [9.17, 15) is 18.8 Å². The van der Waals surface area contributed by atoms with Crippen molar-refractivity contribution in [1.82, 2.24) is 10.2 Å². The molecule has 38 heavy (non-hydrogen) atoms. The summed E-state index contributed by atoms with van der Waals surface area (Å²) in [4.78, 5) is 41.2. The van der Waals surface area contributed by atoms with Gasteiger partial charge in [-0.3, -0.25) is 14.4 Å². The number of primary amides is 1. The van der Waals surface area contributed by atoms with Gasteiger partial charge in [-0.15, -0.1) is 0 Å². The predicted molar refractivity (Wildman–Crippen MR) is 155 cm³/mol. The van der Waals surface area contributed by atoms with Crippen molar-refractivity contribution < 1.29 is 23.1 Å². The van der Waals surface area contributed by atoms with E-state index >= 15 is 0 Å². The molecule has 3 rings (SSSR count). The minimum atomic E-state index is -0.632. The Morgan fingerprint density at radius 2 is 1.82 bits per heavy atom. The lowest BCUT2D eigenvalue weighted by Crippen LogP contribution is -2.52. The number of halogens is 1. The summed E-state index contributed by atoms with van der Waals surface area (Å²) in [5.41, 5.74) is 8.54. The minimum Gasteiger partial charge on any atom is -0.369 e. The zero-order valence-corrected chi connectivity index (χ0v) is 22.9. The zero-order valence-electron chi connectivity index (χ0n) is 22.9. The number of rotatable bonds is 11. The summed E-state index contributed by atoms with van der Waals surface area (Å²) >= 11 is 0. The van der Waals surface area contributed by atoms with Gasteiger partial charge >= 0.3 is 0 Å². The van der Waals surface area contributed by atoms with E-state index in [1.807, 2.05) is 49.9 Å². The number of benzene rings is 2. The first-order valence-corrected chi connectivity index (χ1v) is 13.9. The maximum absolute atomic E-state index is 13.7. The number of amides is 3. The van der Waals surface area contributed by atoms with Gasteiger partial charge in [0.1, 0.15) is 11.9 Å². The lowest BCUT2D eigenvalue weighted by molar-refractivity contribution is -0.140. The fourth-order valence-electron chi connectivity index (χ4n) is 5.38. The highest BCUT2D eigenvalue weighted by molar-refractivity contribution is 5.91. The van der Waals surface area contributed by atoms with Crippen LogP contribution in [0.5, 0.6) is 0 Å². The molecule has 0 radical (unpaired) electrons. The summed E-state index contributed by atoms with van der Waals surface area (Å²) in [6.07, 6.45) is 5.15. The standard InChI is InChI=1S/C31H42FN3O3.3H2/c1-4-9-26(29(33)36)27(18-21(2)3)30(37)34-28-12-6-5-7-17-35(31(28)38)20-22-10-8-11-24(19-22)23-13-15-25(32)16-14-23;;;/h8,10-11,13-16,19,21,26-28H,4-7,9,12,17-18,20H2,1-3H3,(H2,33,36)(H,34,37);3*1H/t26?,27?,28-;;;/m0.../s1. The molecule has 0 bridgehead atoms. The third-order valence-electron chi connectivity index (χ3n) is 7.34. The Morgan fingerprint density at radius 3 is 2.47 bits per heavy atom. The second-order valence-electron chi connectivity index (χ2n) is 10.9. The van der Waals surface area contributed by atoms with Crippen molar-refractivity contribution >= 4 is 17.7 Å². The highest BCUT2D eigenvalue weighted by Gasteiger charge is 2.35. The van der Waals surface area contributed by atoms with E-state index in [4.69, 9.17) is 5.73 Å². The maximum atomic E-state index is 13.7. The van der Waals surface area contributed by atoms with E-state index in [2.05, 4.69) is 5.32 Å². The smallest absolute Gasteiger partial charge is 0.245 e. The minimum absolute atomic E-state index is 0. The number of nitrogens with one attached hydrogen (secondary N) is 1. The number of hydrogen-bond acceptors (Lipinski definition) is 3. The molecule has 3 amide bonds. The monoisotopic (exact) mass is 529 g/mol. The normalized spacial score (nSPS) is 18.0. The molecular formula is C31H48FN3O3. The second kappa shape index (κ2) is 14.1. The Labute approximate surface area is 230 Å². The number of carbonyl (C=O) groups excluding carboxylic acids is 3. The largest absolute Gasteiger partial charge is 0.369 e. The summed E-state index contributed by atoms with van der Waals surface area (Å²) in [6, 6.07) is 13.6. The van der Waals surface area contributed by atoms with Crippen LogP contribution in [0.3, 0.4) is 0 Å². The van der Waals surface area contributed by atoms with Gasteiger partial charge in [0.25, 0.3) is 0 Å². The Morgan fingerprint density at radius 1 is 1.08 bits per heavy atom. The average molecular weight is 530 g/mol. The summed E-state index contributed by atoms with van der Waals surface area (Å²) in [5, 5.41) is 3.02. The molecule has 1 aliphatic rings. The molecule has 3 N–H and O–H groups in total. The number of carbonyl (C=O) groups is 3. The third kappa shape index (κ3) is 8.14. The molecular weight excluding hydrogens is 481 g/mol. The average Bonchev–Trinajstić information content (AvgIpc) is 2.88. The quantitative estimate of drug-likeness (QED) is 0.364. The summed E-state index contributed by atoms with van der Waals surface area (Å²) in [6.45, 7) is 7.05. The van der Waals surface area contributed by atoms with Gasteiger partial charge in [-0.25, -0.2) is 4.39 Å². The van der Waals surface area contributed by atoms with Crippen LogP contribution in [0.25, 0.3) is 11.1 Å². The van der Waals surface area contributed by atoms with Crippen molar-refractivity contribution in [2.45, 2.75) is 78.3 Å². The lowest BCUT2D eigenvalue weighted by atomic mass is 9.81. The van der Waals surface area contributed by atoms with Gasteiger partial charge in [0.05, 0.1) is 0 Å². The van der Waals surface area contributed by atoms with Gasteiger partial charge in [-0.2, -0.15) is 0 Å². The molecule has 7 heteroatoms. The number of likely N-dealkylation sites (tertiary alicyclic amines) is 1. The van der Waals surface area contributed by atoms with Gasteiger partial charge in [-0.05, 0) is 66.5 Å². The Kier molecular flexibility index (Phi) is 10.9. The SMILES string of the molecule is CCCC(C(N)=O)C(CC(C)C)C(=O)N[C@H]1CCCCCN(Cc2cccc(-c3ccc(F)cc3)c2)C1=O.[HH].[HH].[HH]. The van der Waals surface area contributed by atoms with Crippen LogP contribution in [-0.4, -0.2) is 35.2 Å². The first kappa shape index (κ1) is 29.3. The molecule has 0 saturated carbocycles. The highest BCUT2D eigenvalue weighted by atomic mass is 19.1. The van der Waals surface area contributed by atoms with Gasteiger partial charge in [0, 0.05) is 29.2 Å². The van der Waals surface area contributed by atoms with Gasteiger partial charge in [-0.1, -0.05) is 70.4 Å². The van der Waals surface area contributed by atoms with Crippen LogP contribution in [0, 0.1) is 23.6 Å². The first-order valence-electron chi connectivity index (χ1n) is 13.9. The molecule has 0 aliphatic carbocycles. The highest BCUT2D eigenvalue weighted by Crippen LogP contribution is 2.27. The van der Waals surface area contributed by atoms with Crippen LogP contribution >= 0.6 is 0 Å². The van der Waals surface area contributed by atoms with Gasteiger partial charge < -0.3 is 16.0 Å². The number of nitrogens with zero attached hydrogens (tertiary/aromatic N) is 1. The Balaban J connectivity index is 0.00000533. The van der Waals surface area contributed by atoms with E-state index in [1.165, 1.54) is 12.1 Å². The van der Waals surface area contributed by atoms with Crippen molar-refractivity contribution in [1.29, 1.82) is 0 Å². The van der Waals surface area contributed by atoms with Crippen molar-refractivity contribution in [2.75, 3.05) is 6.54 Å². The fraction of sp³-hybridized carbons (Fsp3) is 0.516. The van der Waals surface area contributed by atoms with Crippen LogP contribution in [0.15, 0.2) is 48.5 Å². The predicted octanol–water partition coefficient (Wildman–Crippen LogP) is 6.18. The Bertz CT molecular complexity index is 1100. The first-order chi connectivity index (χ1) is 18.2.